The molecule has 1 saturated heterocycles. The number of halogens is 9. The lowest BCUT2D eigenvalue weighted by molar-refractivity contribution is -0.144. The van der Waals surface area contributed by atoms with Crippen molar-refractivity contribution in [1.29, 1.82) is 0 Å². The predicted octanol–water partition coefficient (Wildman–Crippen LogP) is 8.37. The van der Waals surface area contributed by atoms with E-state index in [1.807, 2.05) is 0 Å². The molecule has 4 aromatic rings. The number of alkyl halides is 7. The molecule has 0 bridgehead atoms. The van der Waals surface area contributed by atoms with Crippen LogP contribution in [0.25, 0.3) is 11.1 Å². The molecule has 17 heteroatoms. The van der Waals surface area contributed by atoms with Gasteiger partial charge in [0.2, 0.25) is 5.91 Å². The molecular weight excluding hydrogens is 822 g/mol. The number of aryl methyl sites for hydroxylation is 2. The number of hydrogen-bond acceptors (Lipinski definition) is 6. The van der Waals surface area contributed by atoms with E-state index in [2.05, 4.69) is 21.2 Å². The number of pyridine rings is 1. The van der Waals surface area contributed by atoms with Gasteiger partial charge in [-0.05, 0) is 91.4 Å². The number of hydrogen-bond donors (Lipinski definition) is 2. The second kappa shape index (κ2) is 16.8. The molecule has 2 heterocycles. The number of phenolic OH excluding ortho intramolecular Hbond substituents is 1. The Bertz CT molecular complexity index is 2160. The highest BCUT2D eigenvalue weighted by Crippen LogP contribution is 2.38. The van der Waals surface area contributed by atoms with Gasteiger partial charge in [0, 0.05) is 47.5 Å². The van der Waals surface area contributed by atoms with Crippen LogP contribution in [0, 0.1) is 19.7 Å². The molecule has 0 radical (unpaired) electrons. The zero-order valence-electron chi connectivity index (χ0n) is 30.1. The third-order valence-electron chi connectivity index (χ3n) is 9.36. The molecule has 300 valence electrons. The van der Waals surface area contributed by atoms with Gasteiger partial charge in [-0.3, -0.25) is 23.9 Å². The number of amides is 1. The smallest absolute Gasteiger partial charge is 0.416 e. The minimum Gasteiger partial charge on any atom is -0.507 e. The van der Waals surface area contributed by atoms with Crippen molar-refractivity contribution in [2.45, 2.75) is 64.2 Å². The Kier molecular flexibility index (Phi) is 12.7. The van der Waals surface area contributed by atoms with E-state index in [1.54, 1.807) is 19.1 Å². The Morgan fingerprint density at radius 3 is 2.30 bits per heavy atom. The standard InChI is InChI=1S/C39H36BrF8N3O5/c1-4-56-33(54)16-30(28-13-23(10-21(3)35(28)42)34-20(2)6-5-7-31(34)52)49-37(55)36(24-11-25(38(43,44)45)14-26(40)12-24)51-17-22(8-9-50-18-27(41)19-50)29(15-32(51)53)39(46,47)48/h5-7,10-15,17,27,30,36,52H,4,8-9,16,18-19H2,1-3H3,(H,49,55)/t30-,36?/m0/s1. The van der Waals surface area contributed by atoms with Gasteiger partial charge < -0.3 is 15.2 Å². The lowest BCUT2D eigenvalue weighted by Crippen LogP contribution is -2.49. The van der Waals surface area contributed by atoms with Crippen LogP contribution in [0.2, 0.25) is 0 Å². The van der Waals surface area contributed by atoms with Crippen LogP contribution in [0.5, 0.6) is 5.75 Å². The molecule has 1 amide bonds. The minimum atomic E-state index is -5.06. The number of aromatic nitrogens is 1. The van der Waals surface area contributed by atoms with E-state index in [4.69, 9.17) is 4.74 Å². The summed E-state index contributed by atoms with van der Waals surface area (Å²) in [5.74, 6) is -3.28. The first-order valence-corrected chi connectivity index (χ1v) is 18.1. The summed E-state index contributed by atoms with van der Waals surface area (Å²) in [5.41, 5.74) is -4.15. The Balaban J connectivity index is 1.69. The Hall–Kier alpha value is -4.77. The summed E-state index contributed by atoms with van der Waals surface area (Å²) >= 11 is 2.99. The van der Waals surface area contributed by atoms with Crippen molar-refractivity contribution in [2.24, 2.45) is 0 Å². The Morgan fingerprint density at radius 2 is 1.70 bits per heavy atom. The van der Waals surface area contributed by atoms with Crippen LogP contribution in [0.4, 0.5) is 35.1 Å². The number of ether oxygens (including phenoxy) is 1. The number of carbonyl (C=O) groups excluding carboxylic acids is 2. The van der Waals surface area contributed by atoms with Gasteiger partial charge in [-0.2, -0.15) is 26.3 Å². The molecular formula is C39H36BrF8N3O5. The van der Waals surface area contributed by atoms with Gasteiger partial charge in [-0.15, -0.1) is 0 Å². The van der Waals surface area contributed by atoms with E-state index in [-0.39, 0.29) is 65.6 Å². The van der Waals surface area contributed by atoms with E-state index in [0.717, 1.165) is 12.3 Å². The Morgan fingerprint density at radius 1 is 1.00 bits per heavy atom. The van der Waals surface area contributed by atoms with Gasteiger partial charge >= 0.3 is 18.3 Å². The fourth-order valence-corrected chi connectivity index (χ4v) is 7.21. The van der Waals surface area contributed by atoms with Crippen molar-refractivity contribution in [3.8, 4) is 16.9 Å². The molecule has 1 aliphatic rings. The van der Waals surface area contributed by atoms with Crippen molar-refractivity contribution in [3.05, 3.63) is 120 Å². The van der Waals surface area contributed by atoms with Crippen molar-refractivity contribution in [2.75, 3.05) is 26.2 Å². The number of esters is 1. The average Bonchev–Trinajstić information content (AvgIpc) is 3.07. The highest BCUT2D eigenvalue weighted by Gasteiger charge is 2.38. The minimum absolute atomic E-state index is 0.0199. The maximum Gasteiger partial charge on any atom is 0.416 e. The fraction of sp³-hybridized carbons (Fsp3) is 0.359. The van der Waals surface area contributed by atoms with Crippen LogP contribution in [0.15, 0.2) is 70.1 Å². The number of phenols is 1. The van der Waals surface area contributed by atoms with Crippen LogP contribution in [-0.2, 0) is 33.1 Å². The van der Waals surface area contributed by atoms with Crippen molar-refractivity contribution < 1.29 is 54.6 Å². The molecule has 0 saturated carbocycles. The van der Waals surface area contributed by atoms with Crippen molar-refractivity contribution in [1.82, 2.24) is 14.8 Å². The summed E-state index contributed by atoms with van der Waals surface area (Å²) in [6.45, 7) is 4.31. The number of benzene rings is 3. The monoisotopic (exact) mass is 857 g/mol. The summed E-state index contributed by atoms with van der Waals surface area (Å²) < 4.78 is 120. The molecule has 1 aromatic heterocycles. The third kappa shape index (κ3) is 9.60. The first-order valence-electron chi connectivity index (χ1n) is 17.3. The van der Waals surface area contributed by atoms with E-state index < -0.39 is 82.5 Å². The number of nitrogens with one attached hydrogen (secondary N) is 1. The maximum absolute atomic E-state index is 16.1. The van der Waals surface area contributed by atoms with Crippen molar-refractivity contribution in [3.63, 3.8) is 0 Å². The van der Waals surface area contributed by atoms with Gasteiger partial charge in [0.1, 0.15) is 23.8 Å². The zero-order valence-corrected chi connectivity index (χ0v) is 31.7. The first kappa shape index (κ1) is 42.4. The first-order chi connectivity index (χ1) is 26.2. The number of rotatable bonds is 12. The number of likely N-dealkylation sites (tertiary alicyclic amines) is 1. The number of aromatic hydroxyl groups is 1. The fourth-order valence-electron chi connectivity index (χ4n) is 6.70. The maximum atomic E-state index is 16.1. The van der Waals surface area contributed by atoms with Gasteiger partial charge in [0.25, 0.3) is 5.56 Å². The van der Waals surface area contributed by atoms with E-state index >= 15 is 4.39 Å². The molecule has 1 aliphatic heterocycles. The lowest BCUT2D eigenvalue weighted by atomic mass is 9.92. The Labute approximate surface area is 324 Å². The van der Waals surface area contributed by atoms with Crippen molar-refractivity contribution >= 4 is 27.8 Å². The molecule has 1 fully saturated rings. The van der Waals surface area contributed by atoms with Gasteiger partial charge in [-0.1, -0.05) is 28.1 Å². The van der Waals surface area contributed by atoms with Gasteiger partial charge in [0.15, 0.2) is 0 Å². The molecule has 5 rings (SSSR count). The molecule has 56 heavy (non-hydrogen) atoms. The number of carbonyl (C=O) groups is 2. The molecule has 0 spiro atoms. The zero-order chi connectivity index (χ0) is 41.3. The van der Waals surface area contributed by atoms with Crippen LogP contribution in [0.1, 0.15) is 64.4 Å². The summed E-state index contributed by atoms with van der Waals surface area (Å²) in [4.78, 5) is 42.6. The van der Waals surface area contributed by atoms with Crippen LogP contribution >= 0.6 is 15.9 Å². The predicted molar refractivity (Wildman–Crippen MR) is 193 cm³/mol. The summed E-state index contributed by atoms with van der Waals surface area (Å²) in [7, 11) is 0. The normalized spacial score (nSPS) is 14.9. The van der Waals surface area contributed by atoms with Gasteiger partial charge in [-0.25, -0.2) is 8.78 Å². The molecule has 2 N–H and O–H groups in total. The quantitative estimate of drug-likeness (QED) is 0.110. The molecule has 0 aliphatic carbocycles. The topological polar surface area (TPSA) is 101 Å². The van der Waals surface area contributed by atoms with E-state index in [9.17, 15) is 50.2 Å². The summed E-state index contributed by atoms with van der Waals surface area (Å²) in [6, 6.07) is 6.16. The van der Waals surface area contributed by atoms with E-state index in [0.29, 0.717) is 27.8 Å². The van der Waals surface area contributed by atoms with Crippen LogP contribution < -0.4 is 10.9 Å². The molecule has 2 atom stereocenters. The largest absolute Gasteiger partial charge is 0.507 e. The second-order valence-electron chi connectivity index (χ2n) is 13.5. The van der Waals surface area contributed by atoms with Gasteiger partial charge in [0.05, 0.1) is 30.2 Å². The summed E-state index contributed by atoms with van der Waals surface area (Å²) in [5, 5.41) is 13.2. The molecule has 1 unspecified atom stereocenters. The van der Waals surface area contributed by atoms with E-state index in [1.165, 1.54) is 36.9 Å². The highest BCUT2D eigenvalue weighted by atomic mass is 79.9. The number of nitrogens with zero attached hydrogens (tertiary/aromatic N) is 2. The van der Waals surface area contributed by atoms with Crippen LogP contribution in [-0.4, -0.2) is 58.9 Å². The average molecular weight is 859 g/mol. The third-order valence-corrected chi connectivity index (χ3v) is 9.82. The second-order valence-corrected chi connectivity index (χ2v) is 14.4. The highest BCUT2D eigenvalue weighted by molar-refractivity contribution is 9.10. The van der Waals surface area contributed by atoms with Crippen LogP contribution in [0.3, 0.4) is 0 Å². The SMILES string of the molecule is CCOC(=O)C[C@H](NC(=O)C(c1cc(Br)cc(C(F)(F)F)c1)n1cc(CCN2CC(F)C2)c(C(F)(F)F)cc1=O)c1cc(-c2c(C)cccc2O)cc(C)c1F. The lowest BCUT2D eigenvalue weighted by Gasteiger charge is -2.34. The summed E-state index contributed by atoms with van der Waals surface area (Å²) in [6.07, 6.45) is -11.6. The molecule has 8 nitrogen and oxygen atoms in total. The molecule has 3 aromatic carbocycles.